The average Bonchev–Trinajstić information content (AvgIpc) is 3.09. The van der Waals surface area contributed by atoms with Crippen LogP contribution in [0.3, 0.4) is 0 Å². The highest BCUT2D eigenvalue weighted by Gasteiger charge is 2.32. The number of aromatic nitrogens is 2. The molecule has 184 valence electrons. The smallest absolute Gasteiger partial charge is 0.331 e. The molecule has 1 aliphatic rings. The standard InChI is InChI=1S/C25H29Cl2F3N4/c1-15-11-17(25(28,29)30)12-21-24(15)31-22(33(21)4)13-19-20(26)6-5-16(23(19)27)14-34-9-7-18(8-10-34)32(2)3/h5-6,11-12,18H,7-10,13-14H2,1-4H3. The number of piperidine rings is 1. The Labute approximate surface area is 208 Å². The number of rotatable bonds is 5. The lowest BCUT2D eigenvalue weighted by Crippen LogP contribution is -2.41. The fourth-order valence-corrected chi connectivity index (χ4v) is 5.31. The molecular weight excluding hydrogens is 484 g/mol. The third kappa shape index (κ3) is 5.08. The van der Waals surface area contributed by atoms with Gasteiger partial charge in [-0.25, -0.2) is 4.98 Å². The Morgan fingerprint density at radius 1 is 1.12 bits per heavy atom. The second-order valence-corrected chi connectivity index (χ2v) is 10.2. The number of nitrogens with zero attached hydrogens (tertiary/aromatic N) is 4. The molecule has 3 aromatic rings. The molecule has 2 aromatic carbocycles. The molecular formula is C25H29Cl2F3N4. The van der Waals surface area contributed by atoms with Gasteiger partial charge in [-0.2, -0.15) is 13.2 Å². The zero-order chi connectivity index (χ0) is 24.8. The lowest BCUT2D eigenvalue weighted by atomic mass is 10.0. The lowest BCUT2D eigenvalue weighted by molar-refractivity contribution is -0.137. The van der Waals surface area contributed by atoms with E-state index in [1.54, 1.807) is 18.5 Å². The molecule has 0 bridgehead atoms. The van der Waals surface area contributed by atoms with Crippen LogP contribution in [0.5, 0.6) is 0 Å². The zero-order valence-corrected chi connectivity index (χ0v) is 21.3. The summed E-state index contributed by atoms with van der Waals surface area (Å²) in [4.78, 5) is 9.32. The van der Waals surface area contributed by atoms with Gasteiger partial charge in [0.05, 0.1) is 21.6 Å². The second kappa shape index (κ2) is 9.69. The van der Waals surface area contributed by atoms with E-state index in [2.05, 4.69) is 28.9 Å². The number of fused-ring (bicyclic) bond motifs is 1. The van der Waals surface area contributed by atoms with Gasteiger partial charge >= 0.3 is 6.18 Å². The minimum atomic E-state index is -4.41. The van der Waals surface area contributed by atoms with Crippen LogP contribution < -0.4 is 0 Å². The highest BCUT2D eigenvalue weighted by Crippen LogP contribution is 2.35. The summed E-state index contributed by atoms with van der Waals surface area (Å²) in [5.74, 6) is 0.616. The Morgan fingerprint density at radius 2 is 1.79 bits per heavy atom. The van der Waals surface area contributed by atoms with Crippen LogP contribution in [0.2, 0.25) is 10.0 Å². The molecule has 0 spiro atoms. The van der Waals surface area contributed by atoms with E-state index in [1.807, 2.05) is 12.1 Å². The number of likely N-dealkylation sites (tertiary alicyclic amines) is 1. The van der Waals surface area contributed by atoms with Gasteiger partial charge in [0.2, 0.25) is 0 Å². The lowest BCUT2D eigenvalue weighted by Gasteiger charge is -2.35. The van der Waals surface area contributed by atoms with Crippen LogP contribution in [0.4, 0.5) is 13.2 Å². The van der Waals surface area contributed by atoms with Crippen molar-refractivity contribution in [2.75, 3.05) is 27.2 Å². The third-order valence-corrected chi connectivity index (χ3v) is 7.70. The molecule has 1 fully saturated rings. The van der Waals surface area contributed by atoms with Crippen molar-refractivity contribution in [3.05, 3.63) is 62.4 Å². The molecule has 4 nitrogen and oxygen atoms in total. The molecule has 4 rings (SSSR count). The Morgan fingerprint density at radius 3 is 2.41 bits per heavy atom. The fourth-order valence-electron chi connectivity index (χ4n) is 4.75. The van der Waals surface area contributed by atoms with Crippen LogP contribution in [0.1, 0.15) is 40.9 Å². The van der Waals surface area contributed by atoms with E-state index in [-0.39, 0.29) is 0 Å². The van der Waals surface area contributed by atoms with Crippen LogP contribution >= 0.6 is 23.2 Å². The van der Waals surface area contributed by atoms with Gasteiger partial charge in [-0.15, -0.1) is 0 Å². The molecule has 1 aromatic heterocycles. The number of alkyl halides is 3. The summed E-state index contributed by atoms with van der Waals surface area (Å²) in [5, 5.41) is 1.13. The van der Waals surface area contributed by atoms with E-state index in [9.17, 15) is 13.2 Å². The Bertz CT molecular complexity index is 1200. The van der Waals surface area contributed by atoms with E-state index < -0.39 is 11.7 Å². The van der Waals surface area contributed by atoms with Crippen molar-refractivity contribution < 1.29 is 13.2 Å². The molecule has 2 heterocycles. The molecule has 9 heteroatoms. The highest BCUT2D eigenvalue weighted by molar-refractivity contribution is 6.36. The first-order valence-electron chi connectivity index (χ1n) is 11.3. The quantitative estimate of drug-likeness (QED) is 0.399. The summed E-state index contributed by atoms with van der Waals surface area (Å²) in [5.41, 5.74) is 2.55. The maximum Gasteiger partial charge on any atom is 0.416 e. The minimum Gasteiger partial charge on any atom is -0.331 e. The molecule has 0 atom stereocenters. The van der Waals surface area contributed by atoms with Crippen LogP contribution in [0.25, 0.3) is 11.0 Å². The van der Waals surface area contributed by atoms with Crippen molar-refractivity contribution in [2.45, 2.75) is 44.9 Å². The van der Waals surface area contributed by atoms with Crippen molar-refractivity contribution in [3.8, 4) is 0 Å². The van der Waals surface area contributed by atoms with Gasteiger partial charge in [0, 0.05) is 31.1 Å². The maximum absolute atomic E-state index is 13.3. The summed E-state index contributed by atoms with van der Waals surface area (Å²) in [6.45, 7) is 4.39. The molecule has 1 aliphatic heterocycles. The normalized spacial score (nSPS) is 16.2. The van der Waals surface area contributed by atoms with Gasteiger partial charge in [-0.05, 0) is 81.8 Å². The van der Waals surface area contributed by atoms with Crippen molar-refractivity contribution in [1.82, 2.24) is 19.4 Å². The number of hydrogen-bond acceptors (Lipinski definition) is 3. The Balaban J connectivity index is 1.61. The number of halogens is 5. The first-order valence-corrected chi connectivity index (χ1v) is 12.1. The number of hydrogen-bond donors (Lipinski definition) is 0. The summed E-state index contributed by atoms with van der Waals surface area (Å²) in [7, 11) is 5.97. The summed E-state index contributed by atoms with van der Waals surface area (Å²) in [6.07, 6.45) is -1.85. The zero-order valence-electron chi connectivity index (χ0n) is 19.8. The number of benzene rings is 2. The first kappa shape index (κ1) is 25.3. The van der Waals surface area contributed by atoms with Crippen LogP contribution in [-0.4, -0.2) is 52.6 Å². The van der Waals surface area contributed by atoms with Gasteiger partial charge in [-0.1, -0.05) is 29.3 Å². The highest BCUT2D eigenvalue weighted by atomic mass is 35.5. The molecule has 0 aliphatic carbocycles. The Kier molecular flexibility index (Phi) is 7.21. The molecule has 0 saturated carbocycles. The molecule has 34 heavy (non-hydrogen) atoms. The molecule has 0 unspecified atom stereocenters. The van der Waals surface area contributed by atoms with Gasteiger partial charge in [-0.3, -0.25) is 4.90 Å². The van der Waals surface area contributed by atoms with Crippen molar-refractivity contribution in [2.24, 2.45) is 7.05 Å². The van der Waals surface area contributed by atoms with Crippen LogP contribution in [0, 0.1) is 6.92 Å². The molecule has 0 N–H and O–H groups in total. The van der Waals surface area contributed by atoms with Crippen molar-refractivity contribution >= 4 is 34.2 Å². The van der Waals surface area contributed by atoms with E-state index in [4.69, 9.17) is 23.2 Å². The van der Waals surface area contributed by atoms with E-state index in [1.165, 1.54) is 0 Å². The summed E-state index contributed by atoms with van der Waals surface area (Å²) < 4.78 is 41.6. The summed E-state index contributed by atoms with van der Waals surface area (Å²) >= 11 is 13.4. The predicted molar refractivity (Wildman–Crippen MR) is 132 cm³/mol. The van der Waals surface area contributed by atoms with Gasteiger partial charge in [0.25, 0.3) is 0 Å². The van der Waals surface area contributed by atoms with Crippen molar-refractivity contribution in [1.29, 1.82) is 0 Å². The minimum absolute atomic E-state index is 0.334. The molecule has 1 saturated heterocycles. The Hall–Kier alpha value is -1.80. The van der Waals surface area contributed by atoms with Gasteiger partial charge < -0.3 is 9.47 Å². The fraction of sp³-hybridized carbons (Fsp3) is 0.480. The molecule has 0 radical (unpaired) electrons. The number of imidazole rings is 1. The maximum atomic E-state index is 13.3. The predicted octanol–water partition coefficient (Wildman–Crippen LogP) is 6.32. The monoisotopic (exact) mass is 512 g/mol. The third-order valence-electron chi connectivity index (χ3n) is 6.88. The molecule has 0 amide bonds. The van der Waals surface area contributed by atoms with Crippen LogP contribution in [-0.2, 0) is 26.2 Å². The average molecular weight is 513 g/mol. The first-order chi connectivity index (χ1) is 16.0. The SMILES string of the molecule is Cc1cc(C(F)(F)F)cc2c1nc(Cc1c(Cl)ccc(CN3CCC(N(C)C)CC3)c1Cl)n2C. The topological polar surface area (TPSA) is 24.3 Å². The van der Waals surface area contributed by atoms with E-state index in [0.29, 0.717) is 44.9 Å². The summed E-state index contributed by atoms with van der Waals surface area (Å²) in [6, 6.07) is 6.70. The van der Waals surface area contributed by atoms with Gasteiger partial charge in [0.15, 0.2) is 0 Å². The van der Waals surface area contributed by atoms with Gasteiger partial charge in [0.1, 0.15) is 5.82 Å². The second-order valence-electron chi connectivity index (χ2n) is 9.39. The number of aryl methyl sites for hydroxylation is 2. The van der Waals surface area contributed by atoms with Crippen molar-refractivity contribution in [3.63, 3.8) is 0 Å². The van der Waals surface area contributed by atoms with E-state index in [0.717, 1.165) is 55.7 Å². The van der Waals surface area contributed by atoms with Crippen LogP contribution in [0.15, 0.2) is 24.3 Å². The van der Waals surface area contributed by atoms with E-state index >= 15 is 0 Å². The largest absolute Gasteiger partial charge is 0.416 e.